The van der Waals surface area contributed by atoms with Crippen LogP contribution in [0.4, 0.5) is 0 Å². The van der Waals surface area contributed by atoms with Crippen molar-refractivity contribution in [3.8, 4) is 0 Å². The molecule has 0 aliphatic carbocycles. The molecular weight excluding hydrogens is 278 g/mol. The number of nitrogens with one attached hydrogen (secondary N) is 2. The maximum atomic E-state index is 12.3. The van der Waals surface area contributed by atoms with Gasteiger partial charge in [0, 0.05) is 12.6 Å². The Hall–Kier alpha value is -0.890. The second-order valence-electron chi connectivity index (χ2n) is 5.22. The minimum Gasteiger partial charge on any atom is -0.447 e. The minimum atomic E-state index is -3.56. The van der Waals surface area contributed by atoms with E-state index in [4.69, 9.17) is 4.42 Å². The Balaban J connectivity index is 2.00. The van der Waals surface area contributed by atoms with Crippen molar-refractivity contribution < 1.29 is 12.8 Å². The molecule has 1 aliphatic heterocycles. The van der Waals surface area contributed by atoms with Gasteiger partial charge in [0.05, 0.1) is 6.54 Å². The fourth-order valence-electron chi connectivity index (χ4n) is 2.39. The predicted octanol–water partition coefficient (Wildman–Crippen LogP) is 0.762. The van der Waals surface area contributed by atoms with E-state index in [0.717, 1.165) is 32.5 Å². The molecule has 0 spiro atoms. The summed E-state index contributed by atoms with van der Waals surface area (Å²) in [6, 6.07) is 3.17. The summed E-state index contributed by atoms with van der Waals surface area (Å²) in [5, 5.41) is 3.10. The van der Waals surface area contributed by atoms with Gasteiger partial charge in [-0.15, -0.1) is 0 Å². The van der Waals surface area contributed by atoms with E-state index < -0.39 is 10.0 Å². The van der Waals surface area contributed by atoms with Crippen LogP contribution in [0.5, 0.6) is 0 Å². The molecule has 1 aromatic heterocycles. The maximum Gasteiger partial charge on any atom is 0.274 e. The summed E-state index contributed by atoms with van der Waals surface area (Å²) < 4.78 is 32.6. The van der Waals surface area contributed by atoms with E-state index in [1.54, 1.807) is 6.07 Å². The average molecular weight is 301 g/mol. The highest BCUT2D eigenvalue weighted by Crippen LogP contribution is 2.16. The van der Waals surface area contributed by atoms with Gasteiger partial charge in [-0.05, 0) is 45.1 Å². The Morgan fingerprint density at radius 1 is 1.45 bits per heavy atom. The first-order chi connectivity index (χ1) is 9.51. The van der Waals surface area contributed by atoms with E-state index in [2.05, 4.69) is 14.9 Å². The number of sulfonamides is 1. The number of piperidine rings is 1. The first-order valence-corrected chi connectivity index (χ1v) is 8.50. The summed E-state index contributed by atoms with van der Waals surface area (Å²) in [4.78, 5) is 2.13. The smallest absolute Gasteiger partial charge is 0.274 e. The molecule has 7 heteroatoms. The number of likely N-dealkylation sites (tertiary alicyclic amines) is 1. The second kappa shape index (κ2) is 6.71. The molecule has 1 aliphatic rings. The molecule has 2 heterocycles. The molecule has 0 aromatic carbocycles. The Morgan fingerprint density at radius 3 is 2.95 bits per heavy atom. The van der Waals surface area contributed by atoms with Gasteiger partial charge in [-0.3, -0.25) is 0 Å². The monoisotopic (exact) mass is 301 g/mol. The Bertz CT molecular complexity index is 527. The third-order valence-electron chi connectivity index (χ3n) is 3.40. The topological polar surface area (TPSA) is 74.6 Å². The van der Waals surface area contributed by atoms with E-state index in [1.165, 1.54) is 6.07 Å². The molecule has 0 bridgehead atoms. The summed E-state index contributed by atoms with van der Waals surface area (Å²) in [6.45, 7) is 5.10. The van der Waals surface area contributed by atoms with Gasteiger partial charge in [0.1, 0.15) is 5.76 Å². The number of likely N-dealkylation sites (N-methyl/N-ethyl adjacent to an activating group) is 1. The van der Waals surface area contributed by atoms with Gasteiger partial charge in [0.15, 0.2) is 0 Å². The zero-order chi connectivity index (χ0) is 14.6. The molecular formula is C13H23N3O3S. The molecule has 114 valence electrons. The molecule has 0 saturated carbocycles. The minimum absolute atomic E-state index is 0.00127. The average Bonchev–Trinajstić information content (AvgIpc) is 2.85. The van der Waals surface area contributed by atoms with Crippen LogP contribution in [0.25, 0.3) is 0 Å². The largest absolute Gasteiger partial charge is 0.447 e. The van der Waals surface area contributed by atoms with Crippen LogP contribution in [-0.2, 0) is 16.6 Å². The standard InChI is InChI=1S/C13H23N3O3S/c1-3-14-9-12-6-7-13(19-12)20(17,18)15-11-5-4-8-16(2)10-11/h6-7,11,14-15H,3-5,8-10H2,1-2H3. The van der Waals surface area contributed by atoms with Gasteiger partial charge in [-0.2, -0.15) is 0 Å². The number of hydrogen-bond acceptors (Lipinski definition) is 5. The van der Waals surface area contributed by atoms with Crippen molar-refractivity contribution in [3.63, 3.8) is 0 Å². The molecule has 1 aromatic rings. The zero-order valence-electron chi connectivity index (χ0n) is 12.1. The summed E-state index contributed by atoms with van der Waals surface area (Å²) in [6.07, 6.45) is 1.88. The van der Waals surface area contributed by atoms with Crippen LogP contribution in [-0.4, -0.2) is 46.0 Å². The van der Waals surface area contributed by atoms with Crippen LogP contribution < -0.4 is 10.0 Å². The second-order valence-corrected chi connectivity index (χ2v) is 6.87. The molecule has 2 N–H and O–H groups in total. The summed E-state index contributed by atoms with van der Waals surface area (Å²) in [5.74, 6) is 0.632. The molecule has 2 rings (SSSR count). The third-order valence-corrected chi connectivity index (χ3v) is 4.79. The number of rotatable bonds is 6. The van der Waals surface area contributed by atoms with Gasteiger partial charge in [-0.25, -0.2) is 13.1 Å². The van der Waals surface area contributed by atoms with E-state index >= 15 is 0 Å². The lowest BCUT2D eigenvalue weighted by molar-refractivity contribution is 0.241. The van der Waals surface area contributed by atoms with Crippen molar-refractivity contribution in [2.45, 2.75) is 37.4 Å². The van der Waals surface area contributed by atoms with Crippen LogP contribution in [0.15, 0.2) is 21.6 Å². The van der Waals surface area contributed by atoms with Gasteiger partial charge in [0.25, 0.3) is 10.0 Å². The van der Waals surface area contributed by atoms with Gasteiger partial charge in [-0.1, -0.05) is 6.92 Å². The van der Waals surface area contributed by atoms with Crippen molar-refractivity contribution >= 4 is 10.0 Å². The Kier molecular flexibility index (Phi) is 5.20. The summed E-state index contributed by atoms with van der Waals surface area (Å²) >= 11 is 0. The third kappa shape index (κ3) is 4.05. The zero-order valence-corrected chi connectivity index (χ0v) is 12.9. The number of furan rings is 1. The molecule has 20 heavy (non-hydrogen) atoms. The van der Waals surface area contributed by atoms with Crippen molar-refractivity contribution in [2.24, 2.45) is 0 Å². The number of nitrogens with zero attached hydrogens (tertiary/aromatic N) is 1. The number of hydrogen-bond donors (Lipinski definition) is 2. The molecule has 6 nitrogen and oxygen atoms in total. The van der Waals surface area contributed by atoms with Crippen LogP contribution in [0.2, 0.25) is 0 Å². The van der Waals surface area contributed by atoms with Crippen LogP contribution >= 0.6 is 0 Å². The first kappa shape index (κ1) is 15.5. The summed E-state index contributed by atoms with van der Waals surface area (Å²) in [5.41, 5.74) is 0. The molecule has 0 amide bonds. The van der Waals surface area contributed by atoms with E-state index in [9.17, 15) is 8.42 Å². The van der Waals surface area contributed by atoms with Crippen LogP contribution in [0.1, 0.15) is 25.5 Å². The highest BCUT2D eigenvalue weighted by molar-refractivity contribution is 7.89. The highest BCUT2D eigenvalue weighted by Gasteiger charge is 2.25. The Labute approximate surface area is 120 Å². The first-order valence-electron chi connectivity index (χ1n) is 7.01. The van der Waals surface area contributed by atoms with Gasteiger partial charge in [0.2, 0.25) is 5.09 Å². The quantitative estimate of drug-likeness (QED) is 0.811. The van der Waals surface area contributed by atoms with Crippen LogP contribution in [0, 0.1) is 0 Å². The van der Waals surface area contributed by atoms with Crippen LogP contribution in [0.3, 0.4) is 0 Å². The maximum absolute atomic E-state index is 12.3. The van der Waals surface area contributed by atoms with Crippen molar-refractivity contribution in [2.75, 3.05) is 26.7 Å². The van der Waals surface area contributed by atoms with Gasteiger partial charge < -0.3 is 14.6 Å². The normalized spacial score (nSPS) is 21.2. The summed E-state index contributed by atoms with van der Waals surface area (Å²) in [7, 11) is -1.56. The van der Waals surface area contributed by atoms with Gasteiger partial charge >= 0.3 is 0 Å². The Morgan fingerprint density at radius 2 is 2.25 bits per heavy atom. The molecule has 1 atom stereocenters. The lowest BCUT2D eigenvalue weighted by atomic mass is 10.1. The van der Waals surface area contributed by atoms with Crippen molar-refractivity contribution in [3.05, 3.63) is 17.9 Å². The van der Waals surface area contributed by atoms with E-state index in [0.29, 0.717) is 12.3 Å². The lowest BCUT2D eigenvalue weighted by Crippen LogP contribution is -2.46. The van der Waals surface area contributed by atoms with E-state index in [1.807, 2.05) is 14.0 Å². The SMILES string of the molecule is CCNCc1ccc(S(=O)(=O)NC2CCCN(C)C2)o1. The molecule has 0 radical (unpaired) electrons. The lowest BCUT2D eigenvalue weighted by Gasteiger charge is -2.29. The predicted molar refractivity (Wildman–Crippen MR) is 76.9 cm³/mol. The van der Waals surface area contributed by atoms with E-state index in [-0.39, 0.29) is 11.1 Å². The highest BCUT2D eigenvalue weighted by atomic mass is 32.2. The van der Waals surface area contributed by atoms with Crippen molar-refractivity contribution in [1.82, 2.24) is 14.9 Å². The molecule has 1 fully saturated rings. The fraction of sp³-hybridized carbons (Fsp3) is 0.692. The molecule has 1 saturated heterocycles. The fourth-order valence-corrected chi connectivity index (χ4v) is 3.60. The van der Waals surface area contributed by atoms with Crippen molar-refractivity contribution in [1.29, 1.82) is 0 Å². The molecule has 1 unspecified atom stereocenters.